The average molecular weight is 598 g/mol. The fourth-order valence-electron chi connectivity index (χ4n) is 3.85. The van der Waals surface area contributed by atoms with Gasteiger partial charge in [0.05, 0.1) is 26.4 Å². The zero-order valence-corrected chi connectivity index (χ0v) is 24.5. The quantitative estimate of drug-likeness (QED) is 0.197. The molecule has 0 aliphatic rings. The molecule has 9 nitrogen and oxygen atoms in total. The third kappa shape index (κ3) is 8.49. The molecule has 0 fully saturated rings. The molecule has 0 bridgehead atoms. The van der Waals surface area contributed by atoms with Crippen molar-refractivity contribution in [3.63, 3.8) is 0 Å². The van der Waals surface area contributed by atoms with Crippen LogP contribution < -0.4 is 0 Å². The van der Waals surface area contributed by atoms with E-state index < -0.39 is 26.7 Å². The van der Waals surface area contributed by atoms with Gasteiger partial charge in [0, 0.05) is 16.4 Å². The Morgan fingerprint density at radius 2 is 1.51 bits per heavy atom. The molecule has 12 heteroatoms. The summed E-state index contributed by atoms with van der Waals surface area (Å²) in [6, 6.07) is 7.50. The monoisotopic (exact) mass is 597 g/mol. The highest BCUT2D eigenvalue weighted by molar-refractivity contribution is 9.10. The molecule has 200 valence electrons. The standard InChI is InChI=1S/C23H38BrNO8P2/c1-6-29-34(27,30-7-2)23(35(28,31-8-3)32-9-4)11-10-14-25(5)17-20(26)22-16-18-15-19(24)12-13-21(18)33-22/h12-13,15-16,20,23,26H,6-11,14,17H2,1-5H3. The van der Waals surface area contributed by atoms with Crippen LogP contribution in [0.15, 0.2) is 33.2 Å². The van der Waals surface area contributed by atoms with Crippen molar-refractivity contribution in [1.82, 2.24) is 4.90 Å². The SMILES string of the molecule is CCOP(=O)(OCC)C(CCCN(C)CC(O)c1cc2cc(Br)ccc2o1)P(=O)(OCC)OCC. The van der Waals surface area contributed by atoms with Crippen LogP contribution in [0.5, 0.6) is 0 Å². The van der Waals surface area contributed by atoms with E-state index in [0.717, 1.165) is 9.86 Å². The highest BCUT2D eigenvalue weighted by Crippen LogP contribution is 2.71. The number of rotatable bonds is 17. The number of nitrogens with zero attached hydrogens (tertiary/aromatic N) is 1. The van der Waals surface area contributed by atoms with E-state index in [9.17, 15) is 14.2 Å². The fraction of sp³-hybridized carbons (Fsp3) is 0.652. The Kier molecular flexibility index (Phi) is 12.6. The predicted octanol–water partition coefficient (Wildman–Crippen LogP) is 6.80. The lowest BCUT2D eigenvalue weighted by Crippen LogP contribution is -2.26. The first-order valence-corrected chi connectivity index (χ1v) is 16.0. The van der Waals surface area contributed by atoms with Crippen molar-refractivity contribution >= 4 is 42.1 Å². The lowest BCUT2D eigenvalue weighted by Gasteiger charge is -2.31. The van der Waals surface area contributed by atoms with Gasteiger partial charge in [-0.05, 0) is 78.4 Å². The van der Waals surface area contributed by atoms with Gasteiger partial charge in [0.25, 0.3) is 0 Å². The maximum Gasteiger partial charge on any atom is 0.345 e. The number of aliphatic hydroxyl groups excluding tert-OH is 1. The molecule has 0 aliphatic carbocycles. The highest BCUT2D eigenvalue weighted by Gasteiger charge is 2.50. The maximum absolute atomic E-state index is 13.6. The first-order chi connectivity index (χ1) is 16.6. The van der Waals surface area contributed by atoms with Crippen LogP contribution in [0.3, 0.4) is 0 Å². The van der Waals surface area contributed by atoms with E-state index in [2.05, 4.69) is 15.9 Å². The molecule has 1 heterocycles. The van der Waals surface area contributed by atoms with Crippen LogP contribution in [0.25, 0.3) is 11.0 Å². The minimum absolute atomic E-state index is 0.145. The maximum atomic E-state index is 13.6. The van der Waals surface area contributed by atoms with Gasteiger partial charge in [-0.2, -0.15) is 0 Å². The molecular weight excluding hydrogens is 560 g/mol. The van der Waals surface area contributed by atoms with Crippen LogP contribution in [0, 0.1) is 0 Å². The Morgan fingerprint density at radius 3 is 2.03 bits per heavy atom. The zero-order chi connectivity index (χ0) is 26.1. The molecular formula is C23H38BrNO8P2. The van der Waals surface area contributed by atoms with E-state index in [-0.39, 0.29) is 32.8 Å². The van der Waals surface area contributed by atoms with Crippen molar-refractivity contribution in [2.75, 3.05) is 46.6 Å². The minimum Gasteiger partial charge on any atom is -0.458 e. The lowest BCUT2D eigenvalue weighted by molar-refractivity contribution is 0.107. The van der Waals surface area contributed by atoms with Crippen LogP contribution in [0.4, 0.5) is 0 Å². The summed E-state index contributed by atoms with van der Waals surface area (Å²) < 4.78 is 56.0. The van der Waals surface area contributed by atoms with Crippen LogP contribution in [0.1, 0.15) is 52.4 Å². The highest BCUT2D eigenvalue weighted by atomic mass is 79.9. The van der Waals surface area contributed by atoms with Gasteiger partial charge < -0.3 is 32.5 Å². The number of furan rings is 1. The summed E-state index contributed by atoms with van der Waals surface area (Å²) in [5.74, 6) is 0.484. The van der Waals surface area contributed by atoms with Crippen LogP contribution >= 0.6 is 31.1 Å². The Bertz CT molecular complexity index is 967. The Hall–Kier alpha value is -0.540. The average Bonchev–Trinajstić information content (AvgIpc) is 3.20. The number of aliphatic hydroxyl groups is 1. The summed E-state index contributed by atoms with van der Waals surface area (Å²) >= 11 is 3.44. The molecule has 1 aromatic heterocycles. The summed E-state index contributed by atoms with van der Waals surface area (Å²) in [5, 5.41) is 10.6. The molecule has 0 saturated heterocycles. The van der Waals surface area contributed by atoms with Gasteiger partial charge in [-0.15, -0.1) is 0 Å². The Morgan fingerprint density at radius 1 is 0.971 bits per heavy atom. The topological polar surface area (TPSA) is 108 Å². The van der Waals surface area contributed by atoms with Gasteiger partial charge in [-0.3, -0.25) is 9.13 Å². The van der Waals surface area contributed by atoms with Gasteiger partial charge in [-0.1, -0.05) is 15.9 Å². The number of halogens is 1. The van der Waals surface area contributed by atoms with Crippen molar-refractivity contribution in [1.29, 1.82) is 0 Å². The number of likely N-dealkylation sites (N-methyl/N-ethyl adjacent to an activating group) is 1. The Balaban J connectivity index is 2.08. The van der Waals surface area contributed by atoms with E-state index in [1.165, 1.54) is 0 Å². The number of fused-ring (bicyclic) bond motifs is 1. The fourth-order valence-corrected chi connectivity index (χ4v) is 9.69. The van der Waals surface area contributed by atoms with Crippen molar-refractivity contribution in [2.45, 2.75) is 52.0 Å². The van der Waals surface area contributed by atoms with Crippen LogP contribution in [-0.4, -0.2) is 62.0 Å². The third-order valence-electron chi connectivity index (χ3n) is 5.28. The molecule has 1 aromatic carbocycles. The molecule has 0 spiro atoms. The zero-order valence-electron chi connectivity index (χ0n) is 21.1. The minimum atomic E-state index is -3.77. The summed E-state index contributed by atoms with van der Waals surface area (Å²) in [6.45, 7) is 8.28. The molecule has 35 heavy (non-hydrogen) atoms. The first kappa shape index (κ1) is 30.7. The molecule has 0 amide bonds. The first-order valence-electron chi connectivity index (χ1n) is 12.0. The second-order valence-corrected chi connectivity index (χ2v) is 13.7. The molecule has 0 radical (unpaired) electrons. The molecule has 2 rings (SSSR count). The predicted molar refractivity (Wildman–Crippen MR) is 141 cm³/mol. The van der Waals surface area contributed by atoms with E-state index in [0.29, 0.717) is 30.9 Å². The molecule has 1 atom stereocenters. The van der Waals surface area contributed by atoms with E-state index in [1.807, 2.05) is 36.2 Å². The summed E-state index contributed by atoms with van der Waals surface area (Å²) in [7, 11) is -5.67. The van der Waals surface area contributed by atoms with Gasteiger partial charge in [0.15, 0.2) is 5.40 Å². The third-order valence-corrected chi connectivity index (χ3v) is 11.9. The second-order valence-electron chi connectivity index (χ2n) is 7.98. The molecule has 1 N–H and O–H groups in total. The van der Waals surface area contributed by atoms with Crippen LogP contribution in [-0.2, 0) is 27.2 Å². The molecule has 0 saturated carbocycles. The van der Waals surface area contributed by atoms with Crippen LogP contribution in [0.2, 0.25) is 0 Å². The van der Waals surface area contributed by atoms with Gasteiger partial charge in [-0.25, -0.2) is 0 Å². The van der Waals surface area contributed by atoms with E-state index in [1.54, 1.807) is 27.7 Å². The van der Waals surface area contributed by atoms with Gasteiger partial charge >= 0.3 is 15.2 Å². The van der Waals surface area contributed by atoms with Crippen molar-refractivity contribution < 1.29 is 36.7 Å². The smallest absolute Gasteiger partial charge is 0.345 e. The van der Waals surface area contributed by atoms with Gasteiger partial charge in [0.2, 0.25) is 0 Å². The second kappa shape index (κ2) is 14.4. The van der Waals surface area contributed by atoms with Gasteiger partial charge in [0.1, 0.15) is 17.4 Å². The molecule has 1 unspecified atom stereocenters. The summed E-state index contributed by atoms with van der Waals surface area (Å²) in [4.78, 5) is 1.93. The molecule has 2 aromatic rings. The number of hydrogen-bond acceptors (Lipinski definition) is 9. The Labute approximate surface area is 216 Å². The normalized spacial score (nSPS) is 13.9. The largest absolute Gasteiger partial charge is 0.458 e. The summed E-state index contributed by atoms with van der Waals surface area (Å²) in [5.41, 5.74) is 0.706. The van der Waals surface area contributed by atoms with Crippen molar-refractivity contribution in [2.24, 2.45) is 0 Å². The lowest BCUT2D eigenvalue weighted by atomic mass is 10.2. The van der Waals surface area contributed by atoms with E-state index in [4.69, 9.17) is 22.5 Å². The molecule has 0 aliphatic heterocycles. The van der Waals surface area contributed by atoms with Crippen molar-refractivity contribution in [3.8, 4) is 0 Å². The summed E-state index contributed by atoms with van der Waals surface area (Å²) in [6.07, 6.45) is -0.0685. The number of hydrogen-bond donors (Lipinski definition) is 1. The van der Waals surface area contributed by atoms with Crippen molar-refractivity contribution in [3.05, 3.63) is 34.5 Å². The van der Waals surface area contributed by atoms with E-state index >= 15 is 0 Å². The number of benzene rings is 1.